The Balaban J connectivity index is 2.17. The molecule has 0 bridgehead atoms. The van der Waals surface area contributed by atoms with Gasteiger partial charge in [-0.3, -0.25) is 24.0 Å². The van der Waals surface area contributed by atoms with E-state index in [1.807, 2.05) is 0 Å². The lowest BCUT2D eigenvalue weighted by Gasteiger charge is -2.27. The first-order chi connectivity index (χ1) is 19.4. The summed E-state index contributed by atoms with van der Waals surface area (Å²) in [6.07, 6.45) is -1.38. The van der Waals surface area contributed by atoms with Crippen molar-refractivity contribution in [3.05, 3.63) is 18.0 Å². The fourth-order valence-electron chi connectivity index (χ4n) is 3.46. The van der Waals surface area contributed by atoms with Gasteiger partial charge >= 0.3 is 29.8 Å². The predicted octanol–water partition coefficient (Wildman–Crippen LogP) is 0.714. The van der Waals surface area contributed by atoms with E-state index in [0.29, 0.717) is 0 Å². The largest absolute Gasteiger partial charge is 0.493 e. The van der Waals surface area contributed by atoms with Gasteiger partial charge in [0.1, 0.15) is 12.7 Å². The van der Waals surface area contributed by atoms with Crippen molar-refractivity contribution in [2.75, 3.05) is 27.6 Å². The summed E-state index contributed by atoms with van der Waals surface area (Å²) in [7, 11) is 2.48. The molecule has 1 N–H and O–H groups in total. The number of esters is 5. The second-order valence-electron chi connectivity index (χ2n) is 9.19. The molecule has 41 heavy (non-hydrogen) atoms. The maximum Gasteiger partial charge on any atom is 0.332 e. The van der Waals surface area contributed by atoms with Gasteiger partial charge < -0.3 is 38.5 Å². The molecule has 1 aromatic heterocycles. The molecular formula is C26H34N2O13. The minimum absolute atomic E-state index is 0.0523. The van der Waals surface area contributed by atoms with Crippen LogP contribution in [0.1, 0.15) is 51.0 Å². The summed E-state index contributed by atoms with van der Waals surface area (Å²) < 4.78 is 36.0. The van der Waals surface area contributed by atoms with Crippen LogP contribution in [0.25, 0.3) is 0 Å². The average Bonchev–Trinajstić information content (AvgIpc) is 2.97. The number of hydrogen-bond acceptors (Lipinski definition) is 14. The molecule has 1 aromatic rings. The van der Waals surface area contributed by atoms with E-state index in [9.17, 15) is 28.8 Å². The van der Waals surface area contributed by atoms with Gasteiger partial charge in [-0.1, -0.05) is 13.8 Å². The Hall–Kier alpha value is -4.43. The summed E-state index contributed by atoms with van der Waals surface area (Å²) in [6.45, 7) is 4.91. The molecule has 1 aliphatic rings. The molecule has 15 nitrogen and oxygen atoms in total. The van der Waals surface area contributed by atoms with Crippen molar-refractivity contribution in [3.8, 4) is 11.5 Å². The number of methoxy groups -OCH3 is 2. The third-order valence-electron chi connectivity index (χ3n) is 5.82. The molecule has 2 rings (SSSR count). The lowest BCUT2D eigenvalue weighted by Crippen LogP contribution is -2.46. The zero-order valence-electron chi connectivity index (χ0n) is 23.6. The summed E-state index contributed by atoms with van der Waals surface area (Å²) >= 11 is 0. The Kier molecular flexibility index (Phi) is 12.3. The van der Waals surface area contributed by atoms with Crippen LogP contribution in [0.15, 0.2) is 12.3 Å². The summed E-state index contributed by atoms with van der Waals surface area (Å²) in [5.41, 5.74) is -0.348. The molecule has 15 heteroatoms. The summed E-state index contributed by atoms with van der Waals surface area (Å²) in [6, 6.07) is -0.0827. The highest BCUT2D eigenvalue weighted by molar-refractivity contribution is 5.98. The quantitative estimate of drug-likeness (QED) is 0.218. The van der Waals surface area contributed by atoms with E-state index in [-0.39, 0.29) is 30.0 Å². The van der Waals surface area contributed by atoms with Crippen molar-refractivity contribution >= 4 is 35.8 Å². The maximum atomic E-state index is 13.2. The second-order valence-corrected chi connectivity index (χ2v) is 9.19. The van der Waals surface area contributed by atoms with Crippen LogP contribution in [0.4, 0.5) is 0 Å². The van der Waals surface area contributed by atoms with E-state index in [4.69, 9.17) is 28.4 Å². The molecule has 0 aromatic carbocycles. The zero-order chi connectivity index (χ0) is 30.7. The molecule has 1 fully saturated rings. The van der Waals surface area contributed by atoms with E-state index in [0.717, 1.165) is 0 Å². The predicted molar refractivity (Wildman–Crippen MR) is 135 cm³/mol. The molecule has 0 radical (unpaired) electrons. The highest BCUT2D eigenvalue weighted by atomic mass is 16.7. The van der Waals surface area contributed by atoms with Gasteiger partial charge in [-0.2, -0.15) is 0 Å². The Labute approximate surface area is 236 Å². The number of nitrogens with one attached hydrogen (secondary N) is 1. The van der Waals surface area contributed by atoms with Crippen LogP contribution in [0.5, 0.6) is 11.5 Å². The topological polar surface area (TPSA) is 192 Å². The van der Waals surface area contributed by atoms with E-state index in [1.165, 1.54) is 40.3 Å². The molecular weight excluding hydrogens is 548 g/mol. The number of pyridine rings is 1. The van der Waals surface area contributed by atoms with E-state index >= 15 is 0 Å². The van der Waals surface area contributed by atoms with E-state index in [1.54, 1.807) is 13.8 Å². The van der Waals surface area contributed by atoms with Crippen molar-refractivity contribution in [2.24, 2.45) is 11.8 Å². The molecule has 4 atom stereocenters. The summed E-state index contributed by atoms with van der Waals surface area (Å²) in [4.78, 5) is 77.9. The molecule has 0 aliphatic carbocycles. The molecule has 0 spiro atoms. The van der Waals surface area contributed by atoms with Crippen LogP contribution in [0, 0.1) is 11.8 Å². The molecule has 1 amide bonds. The van der Waals surface area contributed by atoms with Gasteiger partial charge in [-0.05, 0) is 13.8 Å². The smallest absolute Gasteiger partial charge is 0.332 e. The normalized spacial score (nSPS) is 20.8. The third-order valence-corrected chi connectivity index (χ3v) is 5.82. The van der Waals surface area contributed by atoms with Crippen molar-refractivity contribution in [3.63, 3.8) is 0 Å². The fraction of sp³-hybridized carbons (Fsp3) is 0.577. The number of aromatic nitrogens is 1. The summed E-state index contributed by atoms with van der Waals surface area (Å²) in [5.74, 6) is -6.23. The van der Waals surface area contributed by atoms with Gasteiger partial charge in [0, 0.05) is 12.3 Å². The van der Waals surface area contributed by atoms with Crippen LogP contribution in [0.2, 0.25) is 0 Å². The van der Waals surface area contributed by atoms with Gasteiger partial charge in [0.25, 0.3) is 5.91 Å². The van der Waals surface area contributed by atoms with Crippen LogP contribution < -0.4 is 14.8 Å². The molecule has 2 heterocycles. The molecule has 0 unspecified atom stereocenters. The molecule has 1 aliphatic heterocycles. The third kappa shape index (κ3) is 9.32. The number of carbonyl (C=O) groups is 6. The first-order valence-electron chi connectivity index (χ1n) is 12.7. The van der Waals surface area contributed by atoms with E-state index in [2.05, 4.69) is 15.0 Å². The van der Waals surface area contributed by atoms with E-state index < -0.39 is 79.2 Å². The standard InChI is InChI=1S/C26H34N2O13/c1-13(2)24(32)41-21-14(3)25(33)37-11-16(26(34)40-15(21)4)28-23(31)20-22(17(35-5)9-10-27-20)39-12-38-19(30)8-7-18(29)36-6/h9-10,13-16,21H,7-8,11-12H2,1-6H3,(H,28,31)/t14-,15+,16+,21-/m1/s1. The highest BCUT2D eigenvalue weighted by Crippen LogP contribution is 2.30. The van der Waals surface area contributed by atoms with Gasteiger partial charge in [0.2, 0.25) is 6.79 Å². The Morgan fingerprint density at radius 3 is 2.39 bits per heavy atom. The first-order valence-corrected chi connectivity index (χ1v) is 12.7. The van der Waals surface area contributed by atoms with Gasteiger partial charge in [0.15, 0.2) is 29.3 Å². The van der Waals surface area contributed by atoms with Crippen LogP contribution >= 0.6 is 0 Å². The number of rotatable bonds is 11. The number of hydrogen-bond donors (Lipinski definition) is 1. The number of ether oxygens (including phenoxy) is 7. The second kappa shape index (κ2) is 15.4. The Morgan fingerprint density at radius 2 is 1.76 bits per heavy atom. The maximum absolute atomic E-state index is 13.2. The zero-order valence-corrected chi connectivity index (χ0v) is 23.6. The van der Waals surface area contributed by atoms with Crippen molar-refractivity contribution < 1.29 is 61.9 Å². The first kappa shape index (κ1) is 32.8. The van der Waals surface area contributed by atoms with Crippen LogP contribution in [0.3, 0.4) is 0 Å². The number of amides is 1. The fourth-order valence-corrected chi connectivity index (χ4v) is 3.46. The lowest BCUT2D eigenvalue weighted by molar-refractivity contribution is -0.175. The average molecular weight is 583 g/mol. The minimum Gasteiger partial charge on any atom is -0.493 e. The Morgan fingerprint density at radius 1 is 1.07 bits per heavy atom. The van der Waals surface area contributed by atoms with Gasteiger partial charge in [-0.25, -0.2) is 9.78 Å². The molecule has 1 saturated heterocycles. The Bertz CT molecular complexity index is 1140. The SMILES string of the molecule is COC(=O)CCC(=O)OCOc1c(OC)ccnc1C(=O)N[C@H]1COC(=O)[C@H](C)[C@@H](OC(=O)C(C)C)[C@H](C)OC1=O. The lowest BCUT2D eigenvalue weighted by atomic mass is 10.00. The van der Waals surface area contributed by atoms with Crippen LogP contribution in [-0.2, 0) is 47.7 Å². The number of carbonyl (C=O) groups excluding carboxylic acids is 6. The number of cyclic esters (lactones) is 2. The van der Waals surface area contributed by atoms with Crippen molar-refractivity contribution in [2.45, 2.75) is 58.8 Å². The van der Waals surface area contributed by atoms with Gasteiger partial charge in [0.05, 0.1) is 38.9 Å². The van der Waals surface area contributed by atoms with Crippen LogP contribution in [-0.4, -0.2) is 86.6 Å². The monoisotopic (exact) mass is 582 g/mol. The van der Waals surface area contributed by atoms with Crippen molar-refractivity contribution in [1.29, 1.82) is 0 Å². The van der Waals surface area contributed by atoms with Crippen molar-refractivity contribution in [1.82, 2.24) is 10.3 Å². The summed E-state index contributed by atoms with van der Waals surface area (Å²) in [5, 5.41) is 2.38. The number of nitrogens with zero attached hydrogens (tertiary/aromatic N) is 1. The molecule has 0 saturated carbocycles. The highest BCUT2D eigenvalue weighted by Gasteiger charge is 2.40. The van der Waals surface area contributed by atoms with Gasteiger partial charge in [-0.15, -0.1) is 0 Å². The minimum atomic E-state index is -1.46. The molecule has 226 valence electrons.